The minimum absolute atomic E-state index is 0.285. The number of amides is 1. The molecule has 0 radical (unpaired) electrons. The van der Waals surface area contributed by atoms with Gasteiger partial charge in [0.15, 0.2) is 0 Å². The molecule has 3 rings (SSSR count). The van der Waals surface area contributed by atoms with Crippen LogP contribution in [0.1, 0.15) is 18.4 Å². The lowest BCUT2D eigenvalue weighted by molar-refractivity contribution is -0.132. The number of halogens is 1. The molecule has 160 valence electrons. The summed E-state index contributed by atoms with van der Waals surface area (Å²) < 4.78 is 41.9. The van der Waals surface area contributed by atoms with Crippen LogP contribution in [0.2, 0.25) is 0 Å². The van der Waals surface area contributed by atoms with E-state index < -0.39 is 26.8 Å². The van der Waals surface area contributed by atoms with E-state index in [9.17, 15) is 17.6 Å². The van der Waals surface area contributed by atoms with Gasteiger partial charge < -0.3 is 4.90 Å². The van der Waals surface area contributed by atoms with Gasteiger partial charge >= 0.3 is 0 Å². The number of nitrogens with one attached hydrogen (secondary N) is 1. The van der Waals surface area contributed by atoms with E-state index in [2.05, 4.69) is 4.72 Å². The van der Waals surface area contributed by atoms with Crippen LogP contribution in [-0.2, 0) is 14.8 Å². The molecule has 1 heterocycles. The summed E-state index contributed by atoms with van der Waals surface area (Å²) >= 11 is 1.53. The van der Waals surface area contributed by atoms with Crippen LogP contribution in [0.4, 0.5) is 4.39 Å². The quantitative estimate of drug-likeness (QED) is 0.671. The molecule has 0 saturated heterocycles. The summed E-state index contributed by atoms with van der Waals surface area (Å²) in [5.41, 5.74) is 2.30. The Morgan fingerprint density at radius 1 is 1.17 bits per heavy atom. The summed E-state index contributed by atoms with van der Waals surface area (Å²) in [6, 6.07) is 14.2. The monoisotopic (exact) mass is 448 g/mol. The van der Waals surface area contributed by atoms with Crippen molar-refractivity contribution in [3.8, 4) is 0 Å². The van der Waals surface area contributed by atoms with E-state index in [-0.39, 0.29) is 5.91 Å². The van der Waals surface area contributed by atoms with E-state index >= 15 is 0 Å². The first-order chi connectivity index (χ1) is 14.4. The fourth-order valence-corrected chi connectivity index (χ4v) is 5.16. The van der Waals surface area contributed by atoms with Crippen LogP contribution < -0.4 is 4.72 Å². The van der Waals surface area contributed by atoms with Gasteiger partial charge in [-0.2, -0.15) is 16.5 Å². The zero-order valence-electron chi connectivity index (χ0n) is 16.8. The SMILES string of the molecule is CSCC[C@H](NS(=O)(=O)c1ccccc1F)C(=O)N1CC=C(c2ccccc2)CC1. The number of hydrogen-bond donors (Lipinski definition) is 1. The fraction of sp³-hybridized carbons (Fsp3) is 0.318. The molecule has 0 spiro atoms. The maximum atomic E-state index is 14.0. The second kappa shape index (κ2) is 10.2. The summed E-state index contributed by atoms with van der Waals surface area (Å²) in [5.74, 6) is -0.517. The molecule has 1 aliphatic heterocycles. The van der Waals surface area contributed by atoms with Crippen LogP contribution in [-0.4, -0.2) is 50.4 Å². The highest BCUT2D eigenvalue weighted by atomic mass is 32.2. The number of rotatable bonds is 8. The third kappa shape index (κ3) is 5.50. The molecule has 0 fully saturated rings. The molecule has 0 bridgehead atoms. The standard InChI is InChI=1S/C22H25FN2O3S2/c1-29-16-13-20(24-30(27,28)21-10-6-5-9-19(21)23)22(26)25-14-11-18(12-15-25)17-7-3-2-4-8-17/h2-11,20,24H,12-16H2,1H3/t20-/m0/s1. The number of benzene rings is 2. The van der Waals surface area contributed by atoms with Crippen molar-refractivity contribution in [2.75, 3.05) is 25.1 Å². The average molecular weight is 449 g/mol. The molecule has 0 aromatic heterocycles. The zero-order valence-corrected chi connectivity index (χ0v) is 18.4. The lowest BCUT2D eigenvalue weighted by Crippen LogP contribution is -2.49. The van der Waals surface area contributed by atoms with Gasteiger partial charge in [-0.25, -0.2) is 12.8 Å². The fourth-order valence-electron chi connectivity index (χ4n) is 3.39. The Bertz CT molecular complexity index is 1010. The highest BCUT2D eigenvalue weighted by Crippen LogP contribution is 2.23. The Hall–Kier alpha value is -2.16. The molecule has 1 aliphatic rings. The third-order valence-electron chi connectivity index (χ3n) is 5.00. The molecule has 0 unspecified atom stereocenters. The Balaban J connectivity index is 1.75. The van der Waals surface area contributed by atoms with Crippen LogP contribution in [0.25, 0.3) is 5.57 Å². The number of nitrogens with zero attached hydrogens (tertiary/aromatic N) is 1. The molecule has 8 heteroatoms. The average Bonchev–Trinajstić information content (AvgIpc) is 2.77. The molecular weight excluding hydrogens is 423 g/mol. The molecular formula is C22H25FN2O3S2. The minimum Gasteiger partial charge on any atom is -0.337 e. The molecule has 0 saturated carbocycles. The minimum atomic E-state index is -4.16. The second-order valence-electron chi connectivity index (χ2n) is 7.02. The highest BCUT2D eigenvalue weighted by molar-refractivity contribution is 7.98. The maximum absolute atomic E-state index is 14.0. The lowest BCUT2D eigenvalue weighted by atomic mass is 9.99. The molecule has 1 atom stereocenters. The molecule has 5 nitrogen and oxygen atoms in total. The molecule has 1 amide bonds. The van der Waals surface area contributed by atoms with Gasteiger partial charge in [0.1, 0.15) is 16.8 Å². The summed E-state index contributed by atoms with van der Waals surface area (Å²) in [6.07, 6.45) is 4.93. The van der Waals surface area contributed by atoms with Gasteiger partial charge in [0, 0.05) is 13.1 Å². The van der Waals surface area contributed by atoms with Crippen molar-refractivity contribution >= 4 is 33.3 Å². The van der Waals surface area contributed by atoms with Crippen molar-refractivity contribution in [3.63, 3.8) is 0 Å². The lowest BCUT2D eigenvalue weighted by Gasteiger charge is -2.30. The van der Waals surface area contributed by atoms with Crippen molar-refractivity contribution in [2.24, 2.45) is 0 Å². The smallest absolute Gasteiger partial charge is 0.244 e. The number of carbonyl (C=O) groups excluding carboxylic acids is 1. The number of sulfonamides is 1. The van der Waals surface area contributed by atoms with E-state index in [1.807, 2.05) is 42.7 Å². The molecule has 1 N–H and O–H groups in total. The van der Waals surface area contributed by atoms with Gasteiger partial charge in [0.2, 0.25) is 15.9 Å². The van der Waals surface area contributed by atoms with Crippen LogP contribution in [0.5, 0.6) is 0 Å². The first-order valence-corrected chi connectivity index (χ1v) is 12.6. The molecule has 30 heavy (non-hydrogen) atoms. The normalized spacial score (nSPS) is 15.5. The van der Waals surface area contributed by atoms with Crippen LogP contribution in [0.15, 0.2) is 65.6 Å². The van der Waals surface area contributed by atoms with Gasteiger partial charge in [0.05, 0.1) is 0 Å². The van der Waals surface area contributed by atoms with Gasteiger partial charge in [-0.3, -0.25) is 4.79 Å². The summed E-state index contributed by atoms with van der Waals surface area (Å²) in [5, 5.41) is 0. The van der Waals surface area contributed by atoms with Gasteiger partial charge in [0.25, 0.3) is 0 Å². The molecule has 0 aliphatic carbocycles. The summed E-state index contributed by atoms with van der Waals surface area (Å²) in [7, 11) is -4.16. The van der Waals surface area contributed by atoms with Gasteiger partial charge in [-0.1, -0.05) is 48.5 Å². The summed E-state index contributed by atoms with van der Waals surface area (Å²) in [6.45, 7) is 0.928. The highest BCUT2D eigenvalue weighted by Gasteiger charge is 2.31. The first kappa shape index (κ1) is 22.5. The van der Waals surface area contributed by atoms with E-state index in [0.29, 0.717) is 31.7 Å². The summed E-state index contributed by atoms with van der Waals surface area (Å²) in [4.78, 5) is 14.3. The number of thioether (sulfide) groups is 1. The maximum Gasteiger partial charge on any atom is 0.244 e. The topological polar surface area (TPSA) is 66.5 Å². The van der Waals surface area contributed by atoms with E-state index in [0.717, 1.165) is 11.6 Å². The number of hydrogen-bond acceptors (Lipinski definition) is 4. The van der Waals surface area contributed by atoms with E-state index in [1.165, 1.54) is 35.5 Å². The van der Waals surface area contributed by atoms with Crippen LogP contribution in [0.3, 0.4) is 0 Å². The van der Waals surface area contributed by atoms with Crippen molar-refractivity contribution in [1.82, 2.24) is 9.62 Å². The molecule has 2 aromatic carbocycles. The van der Waals surface area contributed by atoms with Crippen molar-refractivity contribution < 1.29 is 17.6 Å². The van der Waals surface area contributed by atoms with Crippen molar-refractivity contribution in [1.29, 1.82) is 0 Å². The van der Waals surface area contributed by atoms with Crippen LogP contribution in [0, 0.1) is 5.82 Å². The Morgan fingerprint density at radius 3 is 2.50 bits per heavy atom. The van der Waals surface area contributed by atoms with E-state index in [4.69, 9.17) is 0 Å². The van der Waals surface area contributed by atoms with Gasteiger partial charge in [-0.05, 0) is 48.1 Å². The zero-order chi connectivity index (χ0) is 21.6. The molecule has 2 aromatic rings. The Kier molecular flexibility index (Phi) is 7.69. The Morgan fingerprint density at radius 2 is 1.87 bits per heavy atom. The predicted molar refractivity (Wildman–Crippen MR) is 119 cm³/mol. The Labute approximate surface area is 181 Å². The first-order valence-electron chi connectivity index (χ1n) is 9.71. The predicted octanol–water partition coefficient (Wildman–Crippen LogP) is 3.54. The van der Waals surface area contributed by atoms with Crippen LogP contribution >= 0.6 is 11.8 Å². The van der Waals surface area contributed by atoms with Crippen molar-refractivity contribution in [2.45, 2.75) is 23.8 Å². The third-order valence-corrected chi connectivity index (χ3v) is 7.15. The largest absolute Gasteiger partial charge is 0.337 e. The van der Waals surface area contributed by atoms with Crippen molar-refractivity contribution in [3.05, 3.63) is 72.1 Å². The number of carbonyl (C=O) groups is 1. The van der Waals surface area contributed by atoms with E-state index in [1.54, 1.807) is 4.90 Å². The van der Waals surface area contributed by atoms with Gasteiger partial charge in [-0.15, -0.1) is 0 Å². The second-order valence-corrected chi connectivity index (χ2v) is 9.68.